The zero-order chi connectivity index (χ0) is 13.2. The molecule has 1 N–H and O–H groups in total. The van der Waals surface area contributed by atoms with Crippen LogP contribution in [-0.2, 0) is 6.54 Å². The Balaban J connectivity index is 3.07. The normalized spacial score (nSPS) is 11.6. The molecule has 0 fully saturated rings. The van der Waals surface area contributed by atoms with E-state index in [4.69, 9.17) is 0 Å². The summed E-state index contributed by atoms with van der Waals surface area (Å²) in [6.07, 6.45) is -4.44. The van der Waals surface area contributed by atoms with Gasteiger partial charge in [-0.1, -0.05) is 0 Å². The summed E-state index contributed by atoms with van der Waals surface area (Å²) in [4.78, 5) is 9.98. The minimum atomic E-state index is -4.44. The minimum absolute atomic E-state index is 0.0847. The van der Waals surface area contributed by atoms with E-state index in [1.54, 1.807) is 6.92 Å². The van der Waals surface area contributed by atoms with E-state index in [1.165, 1.54) is 6.92 Å². The molecule has 0 unspecified atom stereocenters. The van der Waals surface area contributed by atoms with Crippen LogP contribution in [0.1, 0.15) is 12.6 Å². The van der Waals surface area contributed by atoms with Crippen LogP contribution >= 0.6 is 0 Å². The van der Waals surface area contributed by atoms with Gasteiger partial charge in [0.15, 0.2) is 0 Å². The van der Waals surface area contributed by atoms with Crippen molar-refractivity contribution in [3.63, 3.8) is 0 Å². The predicted octanol–water partition coefficient (Wildman–Crippen LogP) is 2.09. The van der Waals surface area contributed by atoms with Crippen molar-refractivity contribution in [2.45, 2.75) is 26.6 Å². The maximum absolute atomic E-state index is 12.1. The van der Waals surface area contributed by atoms with Crippen LogP contribution in [0.2, 0.25) is 0 Å². The van der Waals surface area contributed by atoms with E-state index >= 15 is 0 Å². The molecule has 0 amide bonds. The molecule has 6 nitrogen and oxygen atoms in total. The molecule has 1 aromatic heterocycles. The first-order valence-electron chi connectivity index (χ1n) is 4.78. The summed E-state index contributed by atoms with van der Waals surface area (Å²) < 4.78 is 37.3. The molecule has 0 saturated heterocycles. The number of nitro groups is 1. The number of halogens is 3. The summed E-state index contributed by atoms with van der Waals surface area (Å²) in [6.45, 7) is 1.92. The Bertz CT molecular complexity index is 427. The number of alkyl halides is 3. The highest BCUT2D eigenvalue weighted by Gasteiger charge is 2.31. The molecular formula is C8H11F3N4O2. The number of rotatable bonds is 4. The molecule has 0 aliphatic rings. The predicted molar refractivity (Wildman–Crippen MR) is 53.8 cm³/mol. The van der Waals surface area contributed by atoms with Crippen molar-refractivity contribution >= 4 is 11.5 Å². The summed E-state index contributed by atoms with van der Waals surface area (Å²) >= 11 is 0. The Morgan fingerprint density at radius 2 is 2.12 bits per heavy atom. The first-order valence-corrected chi connectivity index (χ1v) is 4.78. The highest BCUT2D eigenvalue weighted by Crippen LogP contribution is 2.29. The monoisotopic (exact) mass is 252 g/mol. The van der Waals surface area contributed by atoms with E-state index in [1.807, 2.05) is 5.32 Å². The molecule has 17 heavy (non-hydrogen) atoms. The lowest BCUT2D eigenvalue weighted by Crippen LogP contribution is -2.23. The van der Waals surface area contributed by atoms with Gasteiger partial charge >= 0.3 is 11.9 Å². The van der Waals surface area contributed by atoms with Crippen LogP contribution in [0.5, 0.6) is 0 Å². The number of nitrogens with zero attached hydrogens (tertiary/aromatic N) is 3. The van der Waals surface area contributed by atoms with Crippen LogP contribution in [0.3, 0.4) is 0 Å². The minimum Gasteiger partial charge on any atom is -0.356 e. The van der Waals surface area contributed by atoms with Crippen LogP contribution in [0.15, 0.2) is 0 Å². The van der Waals surface area contributed by atoms with Crippen molar-refractivity contribution in [1.82, 2.24) is 9.78 Å². The summed E-state index contributed by atoms with van der Waals surface area (Å²) in [7, 11) is 0. The molecule has 1 rings (SSSR count). The molecule has 96 valence electrons. The molecule has 9 heteroatoms. The van der Waals surface area contributed by atoms with Gasteiger partial charge < -0.3 is 5.32 Å². The van der Waals surface area contributed by atoms with Gasteiger partial charge in [-0.25, -0.2) is 4.68 Å². The van der Waals surface area contributed by atoms with E-state index in [0.29, 0.717) is 0 Å². The van der Waals surface area contributed by atoms with E-state index in [-0.39, 0.29) is 18.1 Å². The van der Waals surface area contributed by atoms with Gasteiger partial charge in [-0.05, 0) is 13.8 Å². The molecule has 1 aromatic rings. The largest absolute Gasteiger partial charge is 0.405 e. The molecule has 0 spiro atoms. The average Bonchev–Trinajstić information content (AvgIpc) is 2.50. The van der Waals surface area contributed by atoms with Gasteiger partial charge in [-0.3, -0.25) is 10.1 Å². The van der Waals surface area contributed by atoms with Crippen LogP contribution in [0.25, 0.3) is 0 Å². The van der Waals surface area contributed by atoms with Gasteiger partial charge in [0.05, 0.1) is 4.92 Å². The van der Waals surface area contributed by atoms with Crippen molar-refractivity contribution in [1.29, 1.82) is 0 Å². The standard InChI is InChI=1S/C8H11F3N4O2/c1-3-14-7(12-4-8(9,10)11)6(15(16)17)5(2)13-14/h12H,3-4H2,1-2H3. The molecule has 0 saturated carbocycles. The fourth-order valence-corrected chi connectivity index (χ4v) is 1.38. The van der Waals surface area contributed by atoms with Crippen LogP contribution in [-0.4, -0.2) is 27.4 Å². The number of hydrogen-bond acceptors (Lipinski definition) is 4. The molecule has 0 atom stereocenters. The van der Waals surface area contributed by atoms with Crippen molar-refractivity contribution in [2.24, 2.45) is 0 Å². The number of aromatic nitrogens is 2. The van der Waals surface area contributed by atoms with Gasteiger partial charge in [-0.15, -0.1) is 0 Å². The van der Waals surface area contributed by atoms with E-state index in [2.05, 4.69) is 5.10 Å². The third kappa shape index (κ3) is 3.08. The highest BCUT2D eigenvalue weighted by atomic mass is 19.4. The Morgan fingerprint density at radius 1 is 1.53 bits per heavy atom. The SMILES string of the molecule is CCn1nc(C)c([N+](=O)[O-])c1NCC(F)(F)F. The number of hydrogen-bond donors (Lipinski definition) is 1. The maximum atomic E-state index is 12.1. The van der Waals surface area contributed by atoms with Gasteiger partial charge in [0.2, 0.25) is 5.82 Å². The van der Waals surface area contributed by atoms with E-state index in [9.17, 15) is 23.3 Å². The van der Waals surface area contributed by atoms with Crippen molar-refractivity contribution in [3.8, 4) is 0 Å². The average molecular weight is 252 g/mol. The highest BCUT2D eigenvalue weighted by molar-refractivity contribution is 5.59. The van der Waals surface area contributed by atoms with Crippen LogP contribution < -0.4 is 5.32 Å². The first-order chi connectivity index (χ1) is 7.76. The number of anilines is 1. The maximum Gasteiger partial charge on any atom is 0.405 e. The number of aryl methyl sites for hydroxylation is 2. The van der Waals surface area contributed by atoms with Gasteiger partial charge in [0, 0.05) is 6.54 Å². The zero-order valence-corrected chi connectivity index (χ0v) is 9.21. The number of nitrogens with one attached hydrogen (secondary N) is 1. The van der Waals surface area contributed by atoms with Crippen molar-refractivity contribution in [3.05, 3.63) is 15.8 Å². The second-order valence-electron chi connectivity index (χ2n) is 3.32. The summed E-state index contributed by atoms with van der Waals surface area (Å²) in [5, 5.41) is 16.5. The molecule has 0 aromatic carbocycles. The topological polar surface area (TPSA) is 73.0 Å². The van der Waals surface area contributed by atoms with E-state index in [0.717, 1.165) is 4.68 Å². The lowest BCUT2D eigenvalue weighted by atomic mass is 10.4. The quantitative estimate of drug-likeness (QED) is 0.657. The summed E-state index contributed by atoms with van der Waals surface area (Å²) in [5.74, 6) is -0.215. The Kier molecular flexibility index (Phi) is 3.59. The molecule has 0 aliphatic heterocycles. The summed E-state index contributed by atoms with van der Waals surface area (Å²) in [5.41, 5.74) is -0.336. The van der Waals surface area contributed by atoms with Crippen LogP contribution in [0.4, 0.5) is 24.7 Å². The second kappa shape index (κ2) is 4.60. The van der Waals surface area contributed by atoms with Crippen LogP contribution in [0, 0.1) is 17.0 Å². The fourth-order valence-electron chi connectivity index (χ4n) is 1.38. The smallest absolute Gasteiger partial charge is 0.356 e. The Labute approximate surface area is 94.6 Å². The van der Waals surface area contributed by atoms with Gasteiger partial charge in [0.1, 0.15) is 12.2 Å². The van der Waals surface area contributed by atoms with E-state index < -0.39 is 23.3 Å². The lowest BCUT2D eigenvalue weighted by molar-refractivity contribution is -0.384. The molecule has 1 heterocycles. The molecular weight excluding hydrogens is 241 g/mol. The Morgan fingerprint density at radius 3 is 2.53 bits per heavy atom. The summed E-state index contributed by atoms with van der Waals surface area (Å²) in [6, 6.07) is 0. The van der Waals surface area contributed by atoms with Crippen molar-refractivity contribution in [2.75, 3.05) is 11.9 Å². The second-order valence-corrected chi connectivity index (χ2v) is 3.32. The molecule has 0 radical (unpaired) electrons. The van der Waals surface area contributed by atoms with Gasteiger partial charge in [-0.2, -0.15) is 18.3 Å². The fraction of sp³-hybridized carbons (Fsp3) is 0.625. The lowest BCUT2D eigenvalue weighted by Gasteiger charge is -2.09. The van der Waals surface area contributed by atoms with Crippen molar-refractivity contribution < 1.29 is 18.1 Å². The van der Waals surface area contributed by atoms with Gasteiger partial charge in [0.25, 0.3) is 0 Å². The Hall–Kier alpha value is -1.80. The third-order valence-electron chi connectivity index (χ3n) is 2.03. The molecule has 0 aliphatic carbocycles. The zero-order valence-electron chi connectivity index (χ0n) is 9.21. The first kappa shape index (κ1) is 13.3. The third-order valence-corrected chi connectivity index (χ3v) is 2.03. The molecule has 0 bridgehead atoms.